The van der Waals surface area contributed by atoms with E-state index in [9.17, 15) is 14.7 Å². The van der Waals surface area contributed by atoms with E-state index in [1.165, 1.54) is 4.90 Å². The molecule has 29 heavy (non-hydrogen) atoms. The molecule has 1 saturated heterocycles. The number of Topliss-reactive ketones (excluding diaryl/α,β-unsaturated/α-hetero) is 1. The Morgan fingerprint density at radius 3 is 2.66 bits per heavy atom. The highest BCUT2D eigenvalue weighted by molar-refractivity contribution is 5.90. The maximum Gasteiger partial charge on any atom is 0.231 e. The van der Waals surface area contributed by atoms with Gasteiger partial charge in [-0.15, -0.1) is 0 Å². The van der Waals surface area contributed by atoms with E-state index in [-0.39, 0.29) is 37.5 Å². The van der Waals surface area contributed by atoms with Crippen LogP contribution in [0.5, 0.6) is 11.5 Å². The zero-order valence-corrected chi connectivity index (χ0v) is 16.9. The van der Waals surface area contributed by atoms with Gasteiger partial charge < -0.3 is 24.0 Å². The molecule has 2 aromatic rings. The number of aliphatic hydroxyl groups excluding tert-OH is 1. The lowest BCUT2D eigenvalue weighted by Crippen LogP contribution is -2.41. The van der Waals surface area contributed by atoms with Gasteiger partial charge in [-0.3, -0.25) is 9.59 Å². The first-order valence-corrected chi connectivity index (χ1v) is 9.54. The Morgan fingerprint density at radius 2 is 2.00 bits per heavy atom. The summed E-state index contributed by atoms with van der Waals surface area (Å²) in [6.45, 7) is 1.93. The Labute approximate surface area is 169 Å². The van der Waals surface area contributed by atoms with Crippen molar-refractivity contribution in [1.29, 1.82) is 0 Å². The minimum Gasteiger partial charge on any atom is -0.493 e. The normalized spacial score (nSPS) is 18.7. The minimum atomic E-state index is -0.703. The summed E-state index contributed by atoms with van der Waals surface area (Å²) in [7, 11) is 3.13. The third-order valence-electron chi connectivity index (χ3n) is 5.08. The molecule has 2 heterocycles. The van der Waals surface area contributed by atoms with Gasteiger partial charge in [0.25, 0.3) is 0 Å². The van der Waals surface area contributed by atoms with Gasteiger partial charge in [-0.2, -0.15) is 0 Å². The first kappa shape index (κ1) is 20.9. The summed E-state index contributed by atoms with van der Waals surface area (Å²) in [5.74, 6) is 1.36. The quantitative estimate of drug-likeness (QED) is 0.717. The van der Waals surface area contributed by atoms with Crippen LogP contribution in [0.4, 0.5) is 0 Å². The lowest BCUT2D eigenvalue weighted by atomic mass is 10.0. The third-order valence-corrected chi connectivity index (χ3v) is 5.08. The number of hydrogen-bond donors (Lipinski definition) is 1. The van der Waals surface area contributed by atoms with E-state index in [0.717, 1.165) is 5.56 Å². The Bertz CT molecular complexity index is 878. The number of methoxy groups -OCH3 is 2. The molecule has 2 atom stereocenters. The van der Waals surface area contributed by atoms with Crippen molar-refractivity contribution in [3.63, 3.8) is 0 Å². The van der Waals surface area contributed by atoms with Crippen molar-refractivity contribution in [3.05, 3.63) is 41.3 Å². The number of nitrogens with zero attached hydrogens (tertiary/aromatic N) is 2. The molecule has 0 unspecified atom stereocenters. The van der Waals surface area contributed by atoms with Gasteiger partial charge in [0, 0.05) is 25.5 Å². The summed E-state index contributed by atoms with van der Waals surface area (Å²) in [6, 6.07) is 6.59. The van der Waals surface area contributed by atoms with E-state index >= 15 is 0 Å². The molecule has 8 heteroatoms. The third kappa shape index (κ3) is 4.95. The monoisotopic (exact) mass is 402 g/mol. The highest BCUT2D eigenvalue weighted by atomic mass is 16.5. The largest absolute Gasteiger partial charge is 0.493 e. The lowest BCUT2D eigenvalue weighted by Gasteiger charge is -2.23. The fraction of sp³-hybridized carbons (Fsp3) is 0.476. The van der Waals surface area contributed by atoms with Crippen molar-refractivity contribution < 1.29 is 28.7 Å². The molecule has 1 N–H and O–H groups in total. The van der Waals surface area contributed by atoms with Crippen LogP contribution < -0.4 is 9.47 Å². The number of ether oxygens (including phenoxy) is 2. The number of rotatable bonds is 8. The van der Waals surface area contributed by atoms with Crippen molar-refractivity contribution in [2.24, 2.45) is 0 Å². The van der Waals surface area contributed by atoms with Crippen LogP contribution in [0, 0.1) is 6.92 Å². The summed E-state index contributed by atoms with van der Waals surface area (Å²) < 4.78 is 15.6. The summed E-state index contributed by atoms with van der Waals surface area (Å²) >= 11 is 0. The van der Waals surface area contributed by atoms with E-state index < -0.39 is 12.1 Å². The van der Waals surface area contributed by atoms with Crippen molar-refractivity contribution in [2.75, 3.05) is 20.8 Å². The van der Waals surface area contributed by atoms with Crippen molar-refractivity contribution in [1.82, 2.24) is 10.1 Å². The summed E-state index contributed by atoms with van der Waals surface area (Å²) in [5.41, 5.74) is 1.63. The minimum absolute atomic E-state index is 0.0209. The predicted molar refractivity (Wildman–Crippen MR) is 104 cm³/mol. The van der Waals surface area contributed by atoms with Gasteiger partial charge in [-0.25, -0.2) is 0 Å². The van der Waals surface area contributed by atoms with Crippen molar-refractivity contribution in [3.8, 4) is 11.5 Å². The molecule has 8 nitrogen and oxygen atoms in total. The number of hydrogen-bond acceptors (Lipinski definition) is 7. The van der Waals surface area contributed by atoms with Crippen molar-refractivity contribution in [2.45, 2.75) is 44.8 Å². The molecule has 1 fully saturated rings. The second-order valence-corrected chi connectivity index (χ2v) is 7.22. The summed E-state index contributed by atoms with van der Waals surface area (Å²) in [4.78, 5) is 26.9. The number of benzene rings is 1. The van der Waals surface area contributed by atoms with Gasteiger partial charge in [-0.05, 0) is 31.0 Å². The molecule has 156 valence electrons. The van der Waals surface area contributed by atoms with Crippen LogP contribution in [0.25, 0.3) is 0 Å². The van der Waals surface area contributed by atoms with Gasteiger partial charge in [-0.1, -0.05) is 11.2 Å². The van der Waals surface area contributed by atoms with E-state index in [0.29, 0.717) is 29.4 Å². The van der Waals surface area contributed by atoms with Crippen molar-refractivity contribution >= 4 is 11.7 Å². The number of carbonyl (C=O) groups excluding carboxylic acids is 2. The molecule has 0 saturated carbocycles. The fourth-order valence-electron chi connectivity index (χ4n) is 3.62. The number of amides is 1. The van der Waals surface area contributed by atoms with Crippen LogP contribution in [0.2, 0.25) is 0 Å². The lowest BCUT2D eigenvalue weighted by molar-refractivity contribution is -0.137. The second kappa shape index (κ2) is 9.09. The molecular formula is C21H26N2O6. The molecule has 1 aliphatic heterocycles. The van der Waals surface area contributed by atoms with Gasteiger partial charge in [0.1, 0.15) is 5.76 Å². The maximum absolute atomic E-state index is 12.8. The number of aliphatic hydroxyl groups is 1. The Morgan fingerprint density at radius 1 is 1.24 bits per heavy atom. The molecular weight excluding hydrogens is 376 g/mol. The average molecular weight is 402 g/mol. The van der Waals surface area contributed by atoms with Gasteiger partial charge >= 0.3 is 0 Å². The fourth-order valence-corrected chi connectivity index (χ4v) is 3.62. The molecule has 1 aromatic carbocycles. The van der Waals surface area contributed by atoms with Crippen LogP contribution in [-0.2, 0) is 22.4 Å². The van der Waals surface area contributed by atoms with Gasteiger partial charge in [0.2, 0.25) is 5.91 Å². The number of β-amino-alcohol motifs (C(OH)–C–C–N with tert-alkyl or cyclic N) is 1. The van der Waals surface area contributed by atoms with E-state index in [2.05, 4.69) is 5.16 Å². The van der Waals surface area contributed by atoms with Crippen LogP contribution in [-0.4, -0.2) is 59.8 Å². The van der Waals surface area contributed by atoms with Crippen LogP contribution in [0.1, 0.15) is 29.9 Å². The number of carbonyl (C=O) groups is 2. The highest BCUT2D eigenvalue weighted by Gasteiger charge is 2.38. The number of ketones is 1. The Hall–Kier alpha value is -2.87. The summed E-state index contributed by atoms with van der Waals surface area (Å²) in [6.07, 6.45) is 0.344. The number of likely N-dealkylation sites (tertiary alicyclic amines) is 1. The van der Waals surface area contributed by atoms with Gasteiger partial charge in [0.05, 0.1) is 38.5 Å². The molecule has 3 rings (SSSR count). The van der Waals surface area contributed by atoms with Gasteiger partial charge in [0.15, 0.2) is 17.3 Å². The zero-order valence-electron chi connectivity index (χ0n) is 16.9. The van der Waals surface area contributed by atoms with E-state index in [1.54, 1.807) is 33.3 Å². The van der Waals surface area contributed by atoms with Crippen LogP contribution in [0.15, 0.2) is 28.8 Å². The topological polar surface area (TPSA) is 102 Å². The standard InChI is InChI=1S/C21H26N2O6/c1-13-8-16(29-22-13)11-21(26)23-12-15(24)10-17(23)18(25)6-4-14-5-7-19(27-2)20(9-14)28-3/h5,7-9,15,17,24H,4,6,10-12H2,1-3H3/t15-,17+/m1/s1. The SMILES string of the molecule is COc1ccc(CCC(=O)[C@@H]2C[C@@H](O)CN2C(=O)Cc2cc(C)no2)cc1OC. The smallest absolute Gasteiger partial charge is 0.231 e. The van der Waals surface area contributed by atoms with E-state index in [4.69, 9.17) is 14.0 Å². The molecule has 0 radical (unpaired) electrons. The molecule has 0 aliphatic carbocycles. The first-order valence-electron chi connectivity index (χ1n) is 9.54. The van der Waals surface area contributed by atoms with Crippen LogP contribution in [0.3, 0.4) is 0 Å². The Kier molecular flexibility index (Phi) is 6.53. The molecule has 1 amide bonds. The number of aromatic nitrogens is 1. The molecule has 0 bridgehead atoms. The van der Waals surface area contributed by atoms with E-state index in [1.807, 2.05) is 12.1 Å². The molecule has 1 aliphatic rings. The summed E-state index contributed by atoms with van der Waals surface area (Å²) in [5, 5.41) is 13.8. The maximum atomic E-state index is 12.8. The number of aryl methyl sites for hydroxylation is 2. The predicted octanol–water partition coefficient (Wildman–Crippen LogP) is 1.71. The second-order valence-electron chi connectivity index (χ2n) is 7.22. The molecule has 1 aromatic heterocycles. The van der Waals surface area contributed by atoms with Crippen LogP contribution >= 0.6 is 0 Å². The first-order chi connectivity index (χ1) is 13.9. The average Bonchev–Trinajstić information content (AvgIpc) is 3.31. The Balaban J connectivity index is 1.63. The molecule has 0 spiro atoms. The zero-order chi connectivity index (χ0) is 21.0. The highest BCUT2D eigenvalue weighted by Crippen LogP contribution is 2.28.